The van der Waals surface area contributed by atoms with Gasteiger partial charge in [0.2, 0.25) is 17.6 Å². The smallest absolute Gasteiger partial charge is 0.438 e. The van der Waals surface area contributed by atoms with E-state index in [0.717, 1.165) is 37.7 Å². The molecule has 234 valence electrons. The summed E-state index contributed by atoms with van der Waals surface area (Å²) in [6, 6.07) is -2.95. The van der Waals surface area contributed by atoms with Gasteiger partial charge in [-0.1, -0.05) is 47.0 Å². The lowest BCUT2D eigenvalue weighted by Gasteiger charge is -2.40. The molecule has 1 aliphatic heterocycles. The number of hydrogen-bond acceptors (Lipinski definition) is 8. The molecule has 0 spiro atoms. The van der Waals surface area contributed by atoms with Crippen LogP contribution in [0.25, 0.3) is 0 Å². The Morgan fingerprint density at radius 1 is 1.12 bits per heavy atom. The maximum atomic E-state index is 14.0. The van der Waals surface area contributed by atoms with E-state index < -0.39 is 41.3 Å². The van der Waals surface area contributed by atoms with Gasteiger partial charge < -0.3 is 36.1 Å². The molecule has 0 radical (unpaired) electrons. The number of nitrogens with two attached hydrogens (primary N) is 1. The first-order chi connectivity index (χ1) is 19.8. The summed E-state index contributed by atoms with van der Waals surface area (Å²) in [5, 5.41) is 8.76. The third kappa shape index (κ3) is 6.67. The second kappa shape index (κ2) is 12.5. The van der Waals surface area contributed by atoms with Crippen molar-refractivity contribution in [2.45, 2.75) is 109 Å². The average Bonchev–Trinajstić information content (AvgIpc) is 3.31. The number of methoxy groups -OCH3 is 1. The number of amides is 4. The lowest BCUT2D eigenvalue weighted by Crippen LogP contribution is -2.63. The van der Waals surface area contributed by atoms with Crippen LogP contribution in [0.15, 0.2) is 11.3 Å². The third-order valence-corrected chi connectivity index (χ3v) is 9.48. The largest absolute Gasteiger partial charge is 0.508 e. The summed E-state index contributed by atoms with van der Waals surface area (Å²) >= 11 is 0. The standard InChI is InChI=1S/C30H47N5O7/c1-17-11-14-35(22(17)25(37)32-20-15-18-9-10-19(18)21(31)23(20)36)26(38)24(29(2,3)4)33-27(39)34-30(12-7-6-8-13-30)16-42-28(40)41-5/h17-18,20,22,24H,6-16,31H2,1-5H3,(H,32,37)(H2,33,34,39)/t17-,18?,20?,22?,24?/m0/s1. The molecular formula is C30H47N5O7. The average molecular weight is 590 g/mol. The summed E-state index contributed by atoms with van der Waals surface area (Å²) in [4.78, 5) is 67.0. The van der Waals surface area contributed by atoms with E-state index in [1.165, 1.54) is 12.0 Å². The number of nitrogens with zero attached hydrogens (tertiary/aromatic N) is 1. The van der Waals surface area contributed by atoms with Crippen molar-refractivity contribution in [1.29, 1.82) is 0 Å². The zero-order valence-corrected chi connectivity index (χ0v) is 25.5. The molecule has 42 heavy (non-hydrogen) atoms. The van der Waals surface area contributed by atoms with Crippen molar-refractivity contribution in [1.82, 2.24) is 20.9 Å². The highest BCUT2D eigenvalue weighted by Gasteiger charge is 2.47. The summed E-state index contributed by atoms with van der Waals surface area (Å²) in [5.41, 5.74) is 5.90. The normalized spacial score (nSPS) is 27.7. The second-order valence-electron chi connectivity index (χ2n) is 13.6. The van der Waals surface area contributed by atoms with E-state index in [1.807, 2.05) is 27.7 Å². The fourth-order valence-electron chi connectivity index (χ4n) is 6.83. The highest BCUT2D eigenvalue weighted by molar-refractivity contribution is 6.03. The van der Waals surface area contributed by atoms with Gasteiger partial charge in [-0.2, -0.15) is 0 Å². The van der Waals surface area contributed by atoms with Gasteiger partial charge in [0, 0.05) is 6.54 Å². The summed E-state index contributed by atoms with van der Waals surface area (Å²) in [7, 11) is 1.23. The van der Waals surface area contributed by atoms with Crippen LogP contribution in [0, 0.1) is 17.3 Å². The van der Waals surface area contributed by atoms with Gasteiger partial charge in [-0.15, -0.1) is 0 Å². The molecule has 1 saturated heterocycles. The highest BCUT2D eigenvalue weighted by atomic mass is 16.7. The van der Waals surface area contributed by atoms with Crippen molar-refractivity contribution in [3.8, 4) is 0 Å². The van der Waals surface area contributed by atoms with Gasteiger partial charge in [-0.25, -0.2) is 9.59 Å². The fourth-order valence-corrected chi connectivity index (χ4v) is 6.83. The Kier molecular flexibility index (Phi) is 9.42. The first-order valence-corrected chi connectivity index (χ1v) is 15.2. The van der Waals surface area contributed by atoms with Crippen LogP contribution in [0.4, 0.5) is 9.59 Å². The first-order valence-electron chi connectivity index (χ1n) is 15.2. The van der Waals surface area contributed by atoms with Gasteiger partial charge in [0.1, 0.15) is 18.7 Å². The van der Waals surface area contributed by atoms with Gasteiger partial charge in [0.15, 0.2) is 0 Å². The molecular weight excluding hydrogens is 542 g/mol. The number of nitrogens with one attached hydrogen (secondary N) is 3. The SMILES string of the molecule is COC(=O)OCC1(NC(=O)NC(C(=O)N2CC[C@H](C)C2C(=O)NC2CC3CCC3=C(N)C2=O)C(C)(C)C)CCCCC1. The number of likely N-dealkylation sites (tertiary alicyclic amines) is 1. The molecule has 12 nitrogen and oxygen atoms in total. The van der Waals surface area contributed by atoms with E-state index in [4.69, 9.17) is 10.5 Å². The van der Waals surface area contributed by atoms with Crippen molar-refractivity contribution in [3.05, 3.63) is 11.3 Å². The van der Waals surface area contributed by atoms with Crippen LogP contribution in [0.3, 0.4) is 0 Å². The Balaban J connectivity index is 1.46. The van der Waals surface area contributed by atoms with E-state index in [-0.39, 0.29) is 41.7 Å². The Bertz CT molecular complexity index is 1120. The van der Waals surface area contributed by atoms with Gasteiger partial charge >= 0.3 is 12.2 Å². The van der Waals surface area contributed by atoms with Crippen LogP contribution in [-0.4, -0.2) is 78.6 Å². The van der Waals surface area contributed by atoms with Crippen molar-refractivity contribution >= 4 is 29.8 Å². The number of allylic oxidation sites excluding steroid dienone is 1. The zero-order chi connectivity index (χ0) is 30.8. The number of rotatable bonds is 7. The lowest BCUT2D eigenvalue weighted by molar-refractivity contribution is -0.143. The summed E-state index contributed by atoms with van der Waals surface area (Å²) in [6.07, 6.45) is 6.11. The van der Waals surface area contributed by atoms with Gasteiger partial charge in [-0.3, -0.25) is 14.4 Å². The molecule has 0 aromatic heterocycles. The van der Waals surface area contributed by atoms with E-state index in [1.54, 1.807) is 0 Å². The summed E-state index contributed by atoms with van der Waals surface area (Å²) in [5.74, 6) is -0.890. The molecule has 4 unspecified atom stereocenters. The number of Topliss-reactive ketones (excluding diaryl/α,β-unsaturated/α-hetero) is 1. The maximum absolute atomic E-state index is 14.0. The third-order valence-electron chi connectivity index (χ3n) is 9.48. The van der Waals surface area contributed by atoms with Crippen LogP contribution in [0.5, 0.6) is 0 Å². The number of carbonyl (C=O) groups is 5. The van der Waals surface area contributed by atoms with Crippen LogP contribution >= 0.6 is 0 Å². The molecule has 4 rings (SSSR count). The van der Waals surface area contributed by atoms with Crippen molar-refractivity contribution < 1.29 is 33.4 Å². The Hall–Kier alpha value is -3.31. The lowest BCUT2D eigenvalue weighted by atomic mass is 9.69. The number of fused-ring (bicyclic) bond motifs is 1. The molecule has 2 saturated carbocycles. The van der Waals surface area contributed by atoms with Gasteiger partial charge in [0.25, 0.3) is 0 Å². The topological polar surface area (TPSA) is 169 Å². The van der Waals surface area contributed by atoms with Crippen LogP contribution in [0.2, 0.25) is 0 Å². The van der Waals surface area contributed by atoms with Crippen LogP contribution in [-0.2, 0) is 23.9 Å². The molecule has 5 N–H and O–H groups in total. The Labute approximate surface area is 247 Å². The zero-order valence-electron chi connectivity index (χ0n) is 25.5. The number of ketones is 1. The first kappa shape index (κ1) is 31.6. The van der Waals surface area contributed by atoms with Gasteiger partial charge in [-0.05, 0) is 61.3 Å². The molecule has 3 fully saturated rings. The van der Waals surface area contributed by atoms with Crippen LogP contribution in [0.1, 0.15) is 85.5 Å². The minimum absolute atomic E-state index is 0.0327. The van der Waals surface area contributed by atoms with Crippen molar-refractivity contribution in [2.75, 3.05) is 20.3 Å². The van der Waals surface area contributed by atoms with Gasteiger partial charge in [0.05, 0.1) is 24.4 Å². The number of ether oxygens (including phenoxy) is 2. The molecule has 4 amide bonds. The van der Waals surface area contributed by atoms with E-state index >= 15 is 0 Å². The van der Waals surface area contributed by atoms with Crippen LogP contribution < -0.4 is 21.7 Å². The summed E-state index contributed by atoms with van der Waals surface area (Å²) < 4.78 is 9.82. The van der Waals surface area contributed by atoms with E-state index in [2.05, 4.69) is 20.7 Å². The van der Waals surface area contributed by atoms with Crippen molar-refractivity contribution in [2.24, 2.45) is 23.0 Å². The molecule has 4 aliphatic rings. The minimum Gasteiger partial charge on any atom is -0.438 e. The monoisotopic (exact) mass is 589 g/mol. The van der Waals surface area contributed by atoms with E-state index in [0.29, 0.717) is 32.2 Å². The molecule has 0 bridgehead atoms. The maximum Gasteiger partial charge on any atom is 0.508 e. The summed E-state index contributed by atoms with van der Waals surface area (Å²) in [6.45, 7) is 7.81. The van der Waals surface area contributed by atoms with Crippen molar-refractivity contribution in [3.63, 3.8) is 0 Å². The number of urea groups is 1. The number of hydrogen-bond donors (Lipinski definition) is 4. The Morgan fingerprint density at radius 3 is 2.40 bits per heavy atom. The molecule has 3 aliphatic carbocycles. The molecule has 12 heteroatoms. The molecule has 1 heterocycles. The Morgan fingerprint density at radius 2 is 1.81 bits per heavy atom. The highest BCUT2D eigenvalue weighted by Crippen LogP contribution is 2.42. The second-order valence-corrected chi connectivity index (χ2v) is 13.6. The molecule has 0 aromatic rings. The molecule has 5 atom stereocenters. The quantitative estimate of drug-likeness (QED) is 0.328. The predicted octanol–water partition coefficient (Wildman–Crippen LogP) is 2.50. The number of carbonyl (C=O) groups excluding carboxylic acids is 5. The van der Waals surface area contributed by atoms with E-state index in [9.17, 15) is 24.0 Å². The fraction of sp³-hybridized carbons (Fsp3) is 0.767. The minimum atomic E-state index is -0.937. The predicted molar refractivity (Wildman–Crippen MR) is 154 cm³/mol. The molecule has 0 aromatic carbocycles.